The van der Waals surface area contributed by atoms with Gasteiger partial charge >= 0.3 is 0 Å². The van der Waals surface area contributed by atoms with Gasteiger partial charge < -0.3 is 5.32 Å². The van der Waals surface area contributed by atoms with Gasteiger partial charge in [-0.15, -0.1) is 0 Å². The van der Waals surface area contributed by atoms with Crippen LogP contribution in [0.4, 0.5) is 11.8 Å². The number of nitrogens with zero attached hydrogens (tertiary/aromatic N) is 2. The summed E-state index contributed by atoms with van der Waals surface area (Å²) in [6.45, 7) is 7.26. The molecule has 0 saturated carbocycles. The molecule has 1 aromatic heterocycles. The maximum Gasteiger partial charge on any atom is 0.239 e. The Bertz CT molecular complexity index is 322. The Kier molecular flexibility index (Phi) is 4.98. The van der Waals surface area contributed by atoms with Crippen molar-refractivity contribution < 1.29 is 0 Å². The summed E-state index contributed by atoms with van der Waals surface area (Å²) in [4.78, 5) is 8.37. The van der Waals surface area contributed by atoms with Crippen molar-refractivity contribution in [3.63, 3.8) is 0 Å². The lowest BCUT2D eigenvalue weighted by molar-refractivity contribution is 0.518. The predicted molar refractivity (Wildman–Crippen MR) is 67.1 cm³/mol. The molecule has 0 unspecified atom stereocenters. The van der Waals surface area contributed by atoms with E-state index in [0.29, 0.717) is 11.9 Å². The Morgan fingerprint density at radius 2 is 2.00 bits per heavy atom. The van der Waals surface area contributed by atoms with Gasteiger partial charge in [0.05, 0.1) is 0 Å². The zero-order valence-electron chi connectivity index (χ0n) is 10.2. The average Bonchev–Trinajstić information content (AvgIpc) is 2.29. The van der Waals surface area contributed by atoms with Crippen molar-refractivity contribution in [2.75, 3.05) is 17.3 Å². The molecule has 0 aliphatic carbocycles. The van der Waals surface area contributed by atoms with E-state index in [-0.39, 0.29) is 0 Å². The minimum Gasteiger partial charge on any atom is -0.370 e. The van der Waals surface area contributed by atoms with Gasteiger partial charge in [-0.1, -0.05) is 26.7 Å². The maximum atomic E-state index is 5.29. The molecular formula is C11H21N5. The lowest BCUT2D eigenvalue weighted by Gasteiger charge is -2.14. The van der Waals surface area contributed by atoms with Crippen molar-refractivity contribution in [2.45, 2.75) is 33.6 Å². The van der Waals surface area contributed by atoms with Gasteiger partial charge in [0.2, 0.25) is 5.95 Å². The van der Waals surface area contributed by atoms with Crippen LogP contribution < -0.4 is 16.6 Å². The fourth-order valence-electron chi connectivity index (χ4n) is 1.55. The largest absolute Gasteiger partial charge is 0.370 e. The number of rotatable bonds is 6. The number of aryl methyl sites for hydroxylation is 1. The summed E-state index contributed by atoms with van der Waals surface area (Å²) < 4.78 is 0. The molecule has 0 atom stereocenters. The van der Waals surface area contributed by atoms with Crippen molar-refractivity contribution >= 4 is 11.8 Å². The molecule has 1 aromatic rings. The van der Waals surface area contributed by atoms with Gasteiger partial charge in [-0.2, -0.15) is 4.98 Å². The highest BCUT2D eigenvalue weighted by atomic mass is 15.3. The lowest BCUT2D eigenvalue weighted by Crippen LogP contribution is -2.16. The summed E-state index contributed by atoms with van der Waals surface area (Å²) in [6.07, 6.45) is 2.35. The first-order chi connectivity index (χ1) is 7.69. The highest BCUT2D eigenvalue weighted by molar-refractivity contribution is 5.41. The molecule has 0 saturated heterocycles. The van der Waals surface area contributed by atoms with Crippen LogP contribution in [0.2, 0.25) is 0 Å². The van der Waals surface area contributed by atoms with Crippen LogP contribution in [0.1, 0.15) is 32.4 Å². The van der Waals surface area contributed by atoms with Gasteiger partial charge in [-0.3, -0.25) is 5.43 Å². The third-order valence-electron chi connectivity index (χ3n) is 2.71. The Morgan fingerprint density at radius 3 is 2.56 bits per heavy atom. The Balaban J connectivity index is 2.62. The summed E-state index contributed by atoms with van der Waals surface area (Å²) in [5.74, 6) is 7.26. The Labute approximate surface area is 96.8 Å². The third-order valence-corrected chi connectivity index (χ3v) is 2.71. The molecule has 5 nitrogen and oxygen atoms in total. The molecule has 0 radical (unpaired) electrons. The minimum absolute atomic E-state index is 0.451. The summed E-state index contributed by atoms with van der Waals surface area (Å²) in [6, 6.07) is 1.92. The van der Waals surface area contributed by atoms with E-state index in [2.05, 4.69) is 34.6 Å². The number of hydrazine groups is 1. The summed E-state index contributed by atoms with van der Waals surface area (Å²) in [5, 5.41) is 3.32. The number of nitrogens with two attached hydrogens (primary N) is 1. The standard InChI is InChI=1S/C11H21N5/c1-4-9(5-2)7-13-10-6-8(3)14-11(15-10)16-12/h6,9H,4-5,7,12H2,1-3H3,(H2,13,14,15,16). The number of aromatic nitrogens is 2. The third kappa shape index (κ3) is 3.66. The normalized spacial score (nSPS) is 10.6. The smallest absolute Gasteiger partial charge is 0.239 e. The number of nitrogens with one attached hydrogen (secondary N) is 2. The molecule has 0 aromatic carbocycles. The fraction of sp³-hybridized carbons (Fsp3) is 0.636. The fourth-order valence-corrected chi connectivity index (χ4v) is 1.55. The first kappa shape index (κ1) is 12.7. The van der Waals surface area contributed by atoms with Gasteiger partial charge in [0, 0.05) is 18.3 Å². The molecule has 0 fully saturated rings. The highest BCUT2D eigenvalue weighted by Gasteiger charge is 2.05. The summed E-state index contributed by atoms with van der Waals surface area (Å²) in [5.41, 5.74) is 3.36. The van der Waals surface area contributed by atoms with E-state index >= 15 is 0 Å². The lowest BCUT2D eigenvalue weighted by atomic mass is 10.0. The van der Waals surface area contributed by atoms with E-state index in [4.69, 9.17) is 5.84 Å². The molecule has 0 bridgehead atoms. The van der Waals surface area contributed by atoms with Crippen LogP contribution in [0.25, 0.3) is 0 Å². The Morgan fingerprint density at radius 1 is 1.31 bits per heavy atom. The average molecular weight is 223 g/mol. The second kappa shape index (κ2) is 6.27. The van der Waals surface area contributed by atoms with Crippen LogP contribution in [-0.4, -0.2) is 16.5 Å². The Hall–Kier alpha value is -1.36. The number of hydrogen-bond acceptors (Lipinski definition) is 5. The van der Waals surface area contributed by atoms with Gasteiger partial charge in [0.25, 0.3) is 0 Å². The van der Waals surface area contributed by atoms with Crippen molar-refractivity contribution in [1.29, 1.82) is 0 Å². The highest BCUT2D eigenvalue weighted by Crippen LogP contribution is 2.12. The van der Waals surface area contributed by atoms with Crippen LogP contribution in [-0.2, 0) is 0 Å². The van der Waals surface area contributed by atoms with Crippen LogP contribution in [0.15, 0.2) is 6.07 Å². The van der Waals surface area contributed by atoms with Crippen LogP contribution in [0.3, 0.4) is 0 Å². The molecule has 1 rings (SSSR count). The van der Waals surface area contributed by atoms with Crippen molar-refractivity contribution in [3.05, 3.63) is 11.8 Å². The van der Waals surface area contributed by atoms with Crippen molar-refractivity contribution in [2.24, 2.45) is 11.8 Å². The molecule has 0 aliphatic heterocycles. The van der Waals surface area contributed by atoms with E-state index in [1.165, 1.54) is 12.8 Å². The number of hydrogen-bond donors (Lipinski definition) is 3. The zero-order chi connectivity index (χ0) is 12.0. The van der Waals surface area contributed by atoms with E-state index in [1.807, 2.05) is 13.0 Å². The first-order valence-electron chi connectivity index (χ1n) is 5.75. The minimum atomic E-state index is 0.451. The first-order valence-corrected chi connectivity index (χ1v) is 5.75. The predicted octanol–water partition coefficient (Wildman–Crippen LogP) is 1.92. The molecule has 5 heteroatoms. The molecule has 90 valence electrons. The van der Waals surface area contributed by atoms with Gasteiger partial charge in [0.15, 0.2) is 0 Å². The monoisotopic (exact) mass is 223 g/mol. The molecule has 0 amide bonds. The van der Waals surface area contributed by atoms with Gasteiger partial charge in [-0.05, 0) is 12.8 Å². The maximum absolute atomic E-state index is 5.29. The van der Waals surface area contributed by atoms with Crippen LogP contribution in [0, 0.1) is 12.8 Å². The van der Waals surface area contributed by atoms with E-state index in [0.717, 1.165) is 18.1 Å². The zero-order valence-corrected chi connectivity index (χ0v) is 10.2. The SMILES string of the molecule is CCC(CC)CNc1cc(C)nc(NN)n1. The summed E-state index contributed by atoms with van der Waals surface area (Å²) in [7, 11) is 0. The quantitative estimate of drug-likeness (QED) is 0.507. The van der Waals surface area contributed by atoms with Gasteiger partial charge in [0.1, 0.15) is 5.82 Å². The second-order valence-corrected chi connectivity index (χ2v) is 3.93. The summed E-state index contributed by atoms with van der Waals surface area (Å²) >= 11 is 0. The second-order valence-electron chi connectivity index (χ2n) is 3.93. The van der Waals surface area contributed by atoms with E-state index < -0.39 is 0 Å². The molecule has 0 spiro atoms. The number of anilines is 2. The molecule has 1 heterocycles. The van der Waals surface area contributed by atoms with E-state index in [9.17, 15) is 0 Å². The topological polar surface area (TPSA) is 75.9 Å². The molecular weight excluding hydrogens is 202 g/mol. The van der Waals surface area contributed by atoms with Crippen molar-refractivity contribution in [3.8, 4) is 0 Å². The van der Waals surface area contributed by atoms with Crippen LogP contribution >= 0.6 is 0 Å². The molecule has 16 heavy (non-hydrogen) atoms. The van der Waals surface area contributed by atoms with Crippen molar-refractivity contribution in [1.82, 2.24) is 9.97 Å². The van der Waals surface area contributed by atoms with Gasteiger partial charge in [-0.25, -0.2) is 10.8 Å². The van der Waals surface area contributed by atoms with E-state index in [1.54, 1.807) is 0 Å². The molecule has 0 aliphatic rings. The molecule has 4 N–H and O–H groups in total. The number of nitrogen functional groups attached to an aromatic ring is 1. The van der Waals surface area contributed by atoms with Crippen LogP contribution in [0.5, 0.6) is 0 Å².